The minimum absolute atomic E-state index is 0.420. The molecule has 0 fully saturated rings. The molecule has 2 aliphatic rings. The van der Waals surface area contributed by atoms with Crippen LogP contribution in [0.2, 0.25) is 0 Å². The fourth-order valence-corrected chi connectivity index (χ4v) is 3.43. The Labute approximate surface area is 94.3 Å². The molecule has 2 bridgehead atoms. The molecule has 4 atom stereocenters. The van der Waals surface area contributed by atoms with Crippen LogP contribution in [0.4, 0.5) is 0 Å². The maximum absolute atomic E-state index is 6.19. The van der Waals surface area contributed by atoms with Crippen LogP contribution in [0.1, 0.15) is 32.1 Å². The van der Waals surface area contributed by atoms with Crippen molar-refractivity contribution in [3.8, 4) is 0 Å². The Bertz CT molecular complexity index is 202. The highest BCUT2D eigenvalue weighted by molar-refractivity contribution is 14.1. The first kappa shape index (κ1) is 9.97. The van der Waals surface area contributed by atoms with Gasteiger partial charge in [-0.15, -0.1) is 0 Å². The zero-order valence-electron chi connectivity index (χ0n) is 7.95. The van der Waals surface area contributed by atoms with Gasteiger partial charge < -0.3 is 5.73 Å². The second kappa shape index (κ2) is 4.30. The summed E-state index contributed by atoms with van der Waals surface area (Å²) in [7, 11) is 0. The standard InChI is InChI=1S/C11H18IN/c12-11-9-4-2-1-3-8(5-6-9)7-10(11)13/h5-6,8-11H,1-4,7,13H2/t8?,9?,10-,11?/m0/s1. The minimum atomic E-state index is 0.420. The molecule has 0 aromatic rings. The highest BCUT2D eigenvalue weighted by Crippen LogP contribution is 2.34. The maximum Gasteiger partial charge on any atom is 0.0324 e. The third-order valence-electron chi connectivity index (χ3n) is 3.39. The molecule has 0 saturated carbocycles. The second-order valence-corrected chi connectivity index (χ2v) is 5.88. The van der Waals surface area contributed by atoms with Crippen molar-refractivity contribution < 1.29 is 0 Å². The van der Waals surface area contributed by atoms with E-state index in [1.165, 1.54) is 32.1 Å². The molecule has 0 saturated heterocycles. The Morgan fingerprint density at radius 3 is 2.77 bits per heavy atom. The van der Waals surface area contributed by atoms with Gasteiger partial charge in [0.1, 0.15) is 0 Å². The summed E-state index contributed by atoms with van der Waals surface area (Å²) in [6, 6.07) is 0.420. The summed E-state index contributed by atoms with van der Waals surface area (Å²) in [5.41, 5.74) is 6.19. The van der Waals surface area contributed by atoms with Crippen LogP contribution < -0.4 is 5.73 Å². The lowest BCUT2D eigenvalue weighted by Crippen LogP contribution is -2.34. The average molecular weight is 291 g/mol. The summed E-state index contributed by atoms with van der Waals surface area (Å²) in [6.45, 7) is 0. The molecule has 0 aromatic heterocycles. The van der Waals surface area contributed by atoms with Crippen molar-refractivity contribution >= 4 is 22.6 Å². The van der Waals surface area contributed by atoms with Crippen molar-refractivity contribution in [3.05, 3.63) is 12.2 Å². The van der Waals surface area contributed by atoms with E-state index >= 15 is 0 Å². The Hall–Kier alpha value is 0.430. The van der Waals surface area contributed by atoms with Crippen molar-refractivity contribution in [2.24, 2.45) is 17.6 Å². The smallest absolute Gasteiger partial charge is 0.0324 e. The van der Waals surface area contributed by atoms with Crippen LogP contribution in [0, 0.1) is 11.8 Å². The zero-order valence-corrected chi connectivity index (χ0v) is 10.1. The van der Waals surface area contributed by atoms with Gasteiger partial charge >= 0.3 is 0 Å². The minimum Gasteiger partial charge on any atom is -0.327 e. The highest BCUT2D eigenvalue weighted by Gasteiger charge is 2.28. The van der Waals surface area contributed by atoms with Crippen molar-refractivity contribution in [3.63, 3.8) is 0 Å². The van der Waals surface area contributed by atoms with Crippen molar-refractivity contribution in [1.82, 2.24) is 0 Å². The third kappa shape index (κ3) is 2.27. The van der Waals surface area contributed by atoms with E-state index in [1.807, 2.05) is 0 Å². The average Bonchev–Trinajstić information content (AvgIpc) is 2.15. The summed E-state index contributed by atoms with van der Waals surface area (Å²) in [4.78, 5) is 0. The lowest BCUT2D eigenvalue weighted by Gasteiger charge is -2.22. The predicted octanol–water partition coefficient (Wildman–Crippen LogP) is 2.88. The van der Waals surface area contributed by atoms with E-state index < -0.39 is 0 Å². The number of hydrogen-bond donors (Lipinski definition) is 1. The molecule has 0 amide bonds. The monoisotopic (exact) mass is 291 g/mol. The van der Waals surface area contributed by atoms with Gasteiger partial charge in [0.15, 0.2) is 0 Å². The Morgan fingerprint density at radius 2 is 1.92 bits per heavy atom. The van der Waals surface area contributed by atoms with Gasteiger partial charge in [0, 0.05) is 9.97 Å². The molecule has 0 radical (unpaired) electrons. The first-order chi connectivity index (χ1) is 6.27. The van der Waals surface area contributed by atoms with E-state index in [2.05, 4.69) is 34.7 Å². The summed E-state index contributed by atoms with van der Waals surface area (Å²) < 4.78 is 0.664. The molecule has 2 N–H and O–H groups in total. The highest BCUT2D eigenvalue weighted by atomic mass is 127. The van der Waals surface area contributed by atoms with Gasteiger partial charge in [-0.05, 0) is 31.1 Å². The van der Waals surface area contributed by atoms with Crippen molar-refractivity contribution in [1.29, 1.82) is 0 Å². The first-order valence-electron chi connectivity index (χ1n) is 5.35. The number of nitrogens with two attached hydrogens (primary N) is 1. The van der Waals surface area contributed by atoms with Gasteiger partial charge in [-0.1, -0.05) is 47.6 Å². The number of halogens is 1. The molecule has 0 aliphatic heterocycles. The van der Waals surface area contributed by atoms with Crippen LogP contribution in [0.5, 0.6) is 0 Å². The molecule has 0 aromatic carbocycles. The molecule has 0 spiro atoms. The van der Waals surface area contributed by atoms with Gasteiger partial charge in [-0.25, -0.2) is 0 Å². The molecule has 1 nitrogen and oxygen atoms in total. The fraction of sp³-hybridized carbons (Fsp3) is 0.818. The molecule has 13 heavy (non-hydrogen) atoms. The Kier molecular flexibility index (Phi) is 3.30. The summed E-state index contributed by atoms with van der Waals surface area (Å²) in [5.74, 6) is 1.53. The molecular weight excluding hydrogens is 273 g/mol. The van der Waals surface area contributed by atoms with Crippen LogP contribution in [0.15, 0.2) is 12.2 Å². The number of allylic oxidation sites excluding steroid dienone is 2. The van der Waals surface area contributed by atoms with Gasteiger partial charge in [0.25, 0.3) is 0 Å². The molecule has 2 rings (SSSR count). The number of alkyl halides is 1. The molecule has 3 unspecified atom stereocenters. The Balaban J connectivity index is 2.17. The van der Waals surface area contributed by atoms with Crippen molar-refractivity contribution in [2.75, 3.05) is 0 Å². The van der Waals surface area contributed by atoms with E-state index in [0.29, 0.717) is 9.97 Å². The number of hydrogen-bond acceptors (Lipinski definition) is 1. The summed E-state index contributed by atoms with van der Waals surface area (Å²) in [5, 5.41) is 0. The van der Waals surface area contributed by atoms with Gasteiger partial charge in [0.05, 0.1) is 0 Å². The topological polar surface area (TPSA) is 26.0 Å². The van der Waals surface area contributed by atoms with E-state index in [-0.39, 0.29) is 0 Å². The van der Waals surface area contributed by atoms with Gasteiger partial charge in [0.2, 0.25) is 0 Å². The first-order valence-corrected chi connectivity index (χ1v) is 6.60. The van der Waals surface area contributed by atoms with Crippen LogP contribution in [-0.2, 0) is 0 Å². The third-order valence-corrected chi connectivity index (χ3v) is 5.23. The van der Waals surface area contributed by atoms with Gasteiger partial charge in [-0.3, -0.25) is 0 Å². The maximum atomic E-state index is 6.19. The normalized spacial score (nSPS) is 45.4. The van der Waals surface area contributed by atoms with E-state index in [4.69, 9.17) is 5.73 Å². The van der Waals surface area contributed by atoms with Crippen LogP contribution >= 0.6 is 22.6 Å². The molecule has 2 heteroatoms. The lowest BCUT2D eigenvalue weighted by molar-refractivity contribution is 0.477. The largest absolute Gasteiger partial charge is 0.327 e. The zero-order chi connectivity index (χ0) is 9.26. The quantitative estimate of drug-likeness (QED) is 0.414. The van der Waals surface area contributed by atoms with Crippen LogP contribution in [-0.4, -0.2) is 9.97 Å². The van der Waals surface area contributed by atoms with E-state index in [9.17, 15) is 0 Å². The lowest BCUT2D eigenvalue weighted by atomic mass is 9.93. The van der Waals surface area contributed by atoms with Gasteiger partial charge in [-0.2, -0.15) is 0 Å². The fourth-order valence-electron chi connectivity index (χ4n) is 2.54. The molecule has 74 valence electrons. The van der Waals surface area contributed by atoms with Crippen LogP contribution in [0.3, 0.4) is 0 Å². The Morgan fingerprint density at radius 1 is 1.15 bits per heavy atom. The molecule has 2 aliphatic carbocycles. The molecular formula is C11H18IN. The van der Waals surface area contributed by atoms with Crippen LogP contribution in [0.25, 0.3) is 0 Å². The summed E-state index contributed by atoms with van der Waals surface area (Å²) in [6.07, 6.45) is 11.6. The second-order valence-electron chi connectivity index (χ2n) is 4.44. The van der Waals surface area contributed by atoms with E-state index in [1.54, 1.807) is 0 Å². The molecule has 0 heterocycles. The van der Waals surface area contributed by atoms with Crippen molar-refractivity contribution in [2.45, 2.75) is 42.1 Å². The number of rotatable bonds is 0. The predicted molar refractivity (Wildman–Crippen MR) is 65.0 cm³/mol. The SMILES string of the molecule is N[C@H]1CC2C=CC(CCCC2)C1I. The number of fused-ring (bicyclic) bond motifs is 2. The van der Waals surface area contributed by atoms with E-state index in [0.717, 1.165) is 11.8 Å². The summed E-state index contributed by atoms with van der Waals surface area (Å²) >= 11 is 2.55.